The van der Waals surface area contributed by atoms with Crippen LogP contribution in [0, 0.1) is 6.92 Å². The number of amides is 1. The van der Waals surface area contributed by atoms with E-state index in [1.165, 1.54) is 4.80 Å². The first-order valence-electron chi connectivity index (χ1n) is 10.9. The molecule has 7 nitrogen and oxygen atoms in total. The Hall–Kier alpha value is -3.74. The van der Waals surface area contributed by atoms with Crippen LogP contribution in [0.3, 0.4) is 0 Å². The van der Waals surface area contributed by atoms with Crippen molar-refractivity contribution in [2.24, 2.45) is 0 Å². The SMILES string of the molecule is Cc1ccc(-n2nccn2)c(C(=O)N2C[C@@H](Oc3nccc4ccccc34)CC[C@@H]2C)c1. The number of carbonyl (C=O) groups excluding carboxylic acids is 1. The summed E-state index contributed by atoms with van der Waals surface area (Å²) in [7, 11) is 0. The summed E-state index contributed by atoms with van der Waals surface area (Å²) in [6, 6.07) is 15.9. The predicted molar refractivity (Wildman–Crippen MR) is 122 cm³/mol. The number of carbonyl (C=O) groups is 1. The van der Waals surface area contributed by atoms with Gasteiger partial charge in [0.2, 0.25) is 5.88 Å². The van der Waals surface area contributed by atoms with Crippen molar-refractivity contribution < 1.29 is 9.53 Å². The Labute approximate surface area is 186 Å². The van der Waals surface area contributed by atoms with Crippen LogP contribution in [0.4, 0.5) is 0 Å². The molecule has 0 aliphatic carbocycles. The molecular weight excluding hydrogens is 402 g/mol. The van der Waals surface area contributed by atoms with E-state index in [2.05, 4.69) is 22.1 Å². The maximum absolute atomic E-state index is 13.7. The maximum atomic E-state index is 13.7. The van der Waals surface area contributed by atoms with Crippen LogP contribution in [0.5, 0.6) is 5.88 Å². The zero-order chi connectivity index (χ0) is 22.1. The van der Waals surface area contributed by atoms with Gasteiger partial charge in [0, 0.05) is 17.6 Å². The summed E-state index contributed by atoms with van der Waals surface area (Å²) in [6.45, 7) is 4.57. The van der Waals surface area contributed by atoms with Gasteiger partial charge in [-0.3, -0.25) is 4.79 Å². The number of hydrogen-bond acceptors (Lipinski definition) is 5. The predicted octanol–water partition coefficient (Wildman–Crippen LogP) is 4.20. The number of ether oxygens (including phenoxy) is 1. The van der Waals surface area contributed by atoms with Gasteiger partial charge in [-0.2, -0.15) is 15.0 Å². The molecule has 1 saturated heterocycles. The van der Waals surface area contributed by atoms with Crippen molar-refractivity contribution in [1.82, 2.24) is 24.9 Å². The lowest BCUT2D eigenvalue weighted by atomic mass is 9.99. The highest BCUT2D eigenvalue weighted by atomic mass is 16.5. The minimum absolute atomic E-state index is 0.0346. The van der Waals surface area contributed by atoms with Crippen molar-refractivity contribution >= 4 is 16.7 Å². The van der Waals surface area contributed by atoms with Gasteiger partial charge in [0.15, 0.2) is 0 Å². The molecule has 1 fully saturated rings. The van der Waals surface area contributed by atoms with Crippen molar-refractivity contribution in [3.63, 3.8) is 0 Å². The molecule has 0 saturated carbocycles. The van der Waals surface area contributed by atoms with Crippen molar-refractivity contribution in [2.75, 3.05) is 6.54 Å². The fourth-order valence-corrected chi connectivity index (χ4v) is 4.29. The lowest BCUT2D eigenvalue weighted by molar-refractivity contribution is 0.0377. The Morgan fingerprint density at radius 3 is 2.69 bits per heavy atom. The van der Waals surface area contributed by atoms with Crippen molar-refractivity contribution in [3.05, 3.63) is 78.2 Å². The van der Waals surface area contributed by atoms with Gasteiger partial charge >= 0.3 is 0 Å². The Morgan fingerprint density at radius 1 is 1.03 bits per heavy atom. The fraction of sp³-hybridized carbons (Fsp3) is 0.280. The smallest absolute Gasteiger partial charge is 0.256 e. The number of hydrogen-bond donors (Lipinski definition) is 0. The molecule has 0 radical (unpaired) electrons. The lowest BCUT2D eigenvalue weighted by Crippen LogP contribution is -2.49. The summed E-state index contributed by atoms with van der Waals surface area (Å²) in [5.74, 6) is 0.583. The zero-order valence-electron chi connectivity index (χ0n) is 18.2. The van der Waals surface area contributed by atoms with E-state index >= 15 is 0 Å². The highest BCUT2D eigenvalue weighted by Crippen LogP contribution is 2.28. The Kier molecular flexibility index (Phi) is 5.31. The monoisotopic (exact) mass is 427 g/mol. The minimum atomic E-state index is -0.121. The summed E-state index contributed by atoms with van der Waals surface area (Å²) in [4.78, 5) is 21.5. The number of rotatable bonds is 4. The standard InChI is InChI=1S/C25H25N5O2/c1-17-7-10-23(30-27-13-14-28-30)22(15-17)25(31)29-16-20(9-8-18(29)2)32-24-21-6-4-3-5-19(21)11-12-26-24/h3-7,10-15,18,20H,8-9,16H2,1-2H3/t18-,20-/m0/s1. The quantitative estimate of drug-likeness (QED) is 0.488. The number of aryl methyl sites for hydroxylation is 1. The molecule has 0 N–H and O–H groups in total. The van der Waals surface area contributed by atoms with Crippen LogP contribution >= 0.6 is 0 Å². The molecule has 5 rings (SSSR count). The van der Waals surface area contributed by atoms with Gasteiger partial charge in [0.05, 0.1) is 30.2 Å². The van der Waals surface area contributed by atoms with Crippen molar-refractivity contribution in [1.29, 1.82) is 0 Å². The average molecular weight is 428 g/mol. The third-order valence-electron chi connectivity index (χ3n) is 6.03. The second-order valence-electron chi connectivity index (χ2n) is 8.30. The molecule has 0 bridgehead atoms. The fourth-order valence-electron chi connectivity index (χ4n) is 4.29. The molecule has 1 amide bonds. The Morgan fingerprint density at radius 2 is 1.84 bits per heavy atom. The van der Waals surface area contributed by atoms with Gasteiger partial charge in [-0.15, -0.1) is 0 Å². The topological polar surface area (TPSA) is 73.1 Å². The molecule has 3 heterocycles. The van der Waals surface area contributed by atoms with E-state index in [4.69, 9.17) is 4.74 Å². The normalized spacial score (nSPS) is 18.6. The molecule has 1 aliphatic heterocycles. The zero-order valence-corrected chi connectivity index (χ0v) is 18.2. The van der Waals surface area contributed by atoms with E-state index in [1.807, 2.05) is 60.4 Å². The molecule has 2 aromatic heterocycles. The number of likely N-dealkylation sites (tertiary alicyclic amines) is 1. The van der Waals surface area contributed by atoms with E-state index in [-0.39, 0.29) is 18.1 Å². The largest absolute Gasteiger partial charge is 0.472 e. The molecule has 4 aromatic rings. The van der Waals surface area contributed by atoms with Crippen molar-refractivity contribution in [2.45, 2.75) is 38.8 Å². The highest BCUT2D eigenvalue weighted by molar-refractivity contribution is 5.98. The van der Waals surface area contributed by atoms with Gasteiger partial charge in [-0.25, -0.2) is 4.98 Å². The molecular formula is C25H25N5O2. The van der Waals surface area contributed by atoms with Crippen LogP contribution in [0.25, 0.3) is 16.5 Å². The lowest BCUT2D eigenvalue weighted by Gasteiger charge is -2.38. The maximum Gasteiger partial charge on any atom is 0.256 e. The summed E-state index contributed by atoms with van der Waals surface area (Å²) in [6.07, 6.45) is 6.60. The van der Waals surface area contributed by atoms with Gasteiger partial charge in [-0.05, 0) is 56.3 Å². The number of pyridine rings is 1. The number of piperidine rings is 1. The van der Waals surface area contributed by atoms with Gasteiger partial charge < -0.3 is 9.64 Å². The van der Waals surface area contributed by atoms with Crippen LogP contribution in [0.15, 0.2) is 67.1 Å². The minimum Gasteiger partial charge on any atom is -0.472 e. The van der Waals surface area contributed by atoms with E-state index in [0.717, 1.165) is 29.2 Å². The summed E-state index contributed by atoms with van der Waals surface area (Å²) in [5, 5.41) is 10.5. The molecule has 1 aliphatic rings. The summed E-state index contributed by atoms with van der Waals surface area (Å²) < 4.78 is 6.32. The third kappa shape index (κ3) is 3.82. The average Bonchev–Trinajstić information content (AvgIpc) is 3.35. The van der Waals surface area contributed by atoms with Crippen molar-refractivity contribution in [3.8, 4) is 11.6 Å². The second kappa shape index (κ2) is 8.42. The molecule has 162 valence electrons. The second-order valence-corrected chi connectivity index (χ2v) is 8.30. The van der Waals surface area contributed by atoms with E-state index < -0.39 is 0 Å². The van der Waals surface area contributed by atoms with E-state index in [1.54, 1.807) is 18.6 Å². The Balaban J connectivity index is 1.42. The van der Waals surface area contributed by atoms with Crippen LogP contribution < -0.4 is 4.74 Å². The molecule has 0 spiro atoms. The van der Waals surface area contributed by atoms with Gasteiger partial charge in [0.25, 0.3) is 5.91 Å². The highest BCUT2D eigenvalue weighted by Gasteiger charge is 2.32. The number of nitrogens with zero attached hydrogens (tertiary/aromatic N) is 5. The van der Waals surface area contributed by atoms with Gasteiger partial charge in [0.1, 0.15) is 6.10 Å². The molecule has 0 unspecified atom stereocenters. The molecule has 32 heavy (non-hydrogen) atoms. The van der Waals surface area contributed by atoms with Crippen LogP contribution in [-0.2, 0) is 0 Å². The molecule has 2 atom stereocenters. The summed E-state index contributed by atoms with van der Waals surface area (Å²) >= 11 is 0. The first-order chi connectivity index (χ1) is 15.6. The van der Waals surface area contributed by atoms with E-state index in [9.17, 15) is 4.79 Å². The first-order valence-corrected chi connectivity index (χ1v) is 10.9. The van der Waals surface area contributed by atoms with Crippen LogP contribution in [-0.4, -0.2) is 49.5 Å². The Bertz CT molecular complexity index is 1250. The van der Waals surface area contributed by atoms with Crippen LogP contribution in [0.1, 0.15) is 35.7 Å². The third-order valence-corrected chi connectivity index (χ3v) is 6.03. The van der Waals surface area contributed by atoms with Crippen LogP contribution in [0.2, 0.25) is 0 Å². The summed E-state index contributed by atoms with van der Waals surface area (Å²) in [5.41, 5.74) is 2.29. The van der Waals surface area contributed by atoms with E-state index in [0.29, 0.717) is 23.7 Å². The first kappa shape index (κ1) is 20.2. The number of benzene rings is 2. The number of aromatic nitrogens is 4. The van der Waals surface area contributed by atoms with Gasteiger partial charge in [-0.1, -0.05) is 29.8 Å². The molecule has 7 heteroatoms. The number of fused-ring (bicyclic) bond motifs is 1. The molecule has 2 aromatic carbocycles.